The number of benzene rings is 1. The number of rotatable bonds is 3. The van der Waals surface area contributed by atoms with E-state index in [4.69, 9.17) is 20.8 Å². The molecule has 3 aromatic rings. The van der Waals surface area contributed by atoms with Crippen LogP contribution in [0.4, 0.5) is 20.7 Å². The van der Waals surface area contributed by atoms with Crippen LogP contribution < -0.4 is 15.0 Å². The van der Waals surface area contributed by atoms with Crippen molar-refractivity contribution in [2.24, 2.45) is 0 Å². The Labute approximate surface area is 171 Å². The number of nitrogens with zero attached hydrogens (tertiary/aromatic N) is 4. The molecule has 152 valence electrons. The van der Waals surface area contributed by atoms with Gasteiger partial charge in [-0.05, 0) is 42.3 Å². The number of fused-ring (bicyclic) bond motifs is 1. The number of hydrogen-bond acceptors (Lipinski definition) is 6. The predicted octanol–water partition coefficient (Wildman–Crippen LogP) is 3.69. The van der Waals surface area contributed by atoms with Crippen LogP contribution in [0.3, 0.4) is 0 Å². The van der Waals surface area contributed by atoms with Gasteiger partial charge in [0, 0.05) is 37.9 Å². The van der Waals surface area contributed by atoms with Crippen LogP contribution in [0, 0.1) is 12.7 Å². The van der Waals surface area contributed by atoms with Crippen molar-refractivity contribution < 1.29 is 18.3 Å². The molecule has 8 nitrogen and oxygen atoms in total. The molecular weight excluding hydrogens is 401 g/mol. The maximum Gasteiger partial charge on any atom is 0.323 e. The monoisotopic (exact) mass is 419 g/mol. The van der Waals surface area contributed by atoms with Crippen molar-refractivity contribution in [3.63, 3.8) is 0 Å². The summed E-state index contributed by atoms with van der Waals surface area (Å²) in [6, 6.07) is 6.13. The quantitative estimate of drug-likeness (QED) is 0.697. The molecule has 3 heterocycles. The molecule has 1 saturated heterocycles. The molecule has 1 fully saturated rings. The highest BCUT2D eigenvalue weighted by Gasteiger charge is 2.24. The lowest BCUT2D eigenvalue weighted by molar-refractivity contribution is 0.208. The third-order valence-corrected chi connectivity index (χ3v) is 4.87. The van der Waals surface area contributed by atoms with Crippen LogP contribution in [0.2, 0.25) is 5.22 Å². The second kappa shape index (κ2) is 7.75. The lowest BCUT2D eigenvalue weighted by Crippen LogP contribution is -2.50. The van der Waals surface area contributed by atoms with Gasteiger partial charge in [-0.3, -0.25) is 5.32 Å². The molecule has 0 radical (unpaired) electrons. The minimum Gasteiger partial charge on any atom is -0.478 e. The van der Waals surface area contributed by atoms with Crippen LogP contribution in [0.5, 0.6) is 5.88 Å². The highest BCUT2D eigenvalue weighted by molar-refractivity contribution is 6.29. The minimum absolute atomic E-state index is 0.130. The fourth-order valence-corrected chi connectivity index (χ4v) is 3.46. The van der Waals surface area contributed by atoms with Gasteiger partial charge in [0.1, 0.15) is 11.3 Å². The van der Waals surface area contributed by atoms with Gasteiger partial charge in [-0.2, -0.15) is 4.98 Å². The van der Waals surface area contributed by atoms with Gasteiger partial charge < -0.3 is 19.0 Å². The number of methoxy groups -OCH3 is 1. The Bertz CT molecular complexity index is 1050. The van der Waals surface area contributed by atoms with Gasteiger partial charge in [-0.1, -0.05) is 0 Å². The zero-order valence-corrected chi connectivity index (χ0v) is 16.7. The highest BCUT2D eigenvalue weighted by Crippen LogP contribution is 2.27. The van der Waals surface area contributed by atoms with E-state index in [0.717, 1.165) is 11.3 Å². The van der Waals surface area contributed by atoms with E-state index in [-0.39, 0.29) is 34.5 Å². The topological polar surface area (TPSA) is 83.7 Å². The molecule has 0 aliphatic carbocycles. The van der Waals surface area contributed by atoms with Crippen molar-refractivity contribution in [2.45, 2.75) is 6.92 Å². The molecular formula is C19H19ClFN5O3. The number of piperazine rings is 1. The molecule has 0 atom stereocenters. The van der Waals surface area contributed by atoms with Crippen LogP contribution in [0.15, 0.2) is 28.7 Å². The van der Waals surface area contributed by atoms with Crippen LogP contribution in [-0.4, -0.2) is 54.2 Å². The molecule has 0 bridgehead atoms. The summed E-state index contributed by atoms with van der Waals surface area (Å²) in [4.78, 5) is 24.9. The van der Waals surface area contributed by atoms with Crippen LogP contribution in [0.1, 0.15) is 5.56 Å². The summed E-state index contributed by atoms with van der Waals surface area (Å²) in [5, 5.41) is 2.88. The molecule has 1 aliphatic rings. The molecule has 4 rings (SSSR count). The zero-order valence-electron chi connectivity index (χ0n) is 15.9. The lowest BCUT2D eigenvalue weighted by Gasteiger charge is -2.36. The van der Waals surface area contributed by atoms with E-state index in [1.54, 1.807) is 4.90 Å². The summed E-state index contributed by atoms with van der Waals surface area (Å²) in [7, 11) is 1.43. The van der Waals surface area contributed by atoms with Gasteiger partial charge in [-0.25, -0.2) is 14.2 Å². The van der Waals surface area contributed by atoms with Gasteiger partial charge in [-0.15, -0.1) is 0 Å². The SMILES string of the molecule is COc1nc2oc(Cl)cc2nc1NC(=O)N1CCN(c2cc(C)cc(F)c2)CC1. The normalized spacial score (nSPS) is 14.3. The highest BCUT2D eigenvalue weighted by atomic mass is 35.5. The molecule has 1 N–H and O–H groups in total. The zero-order chi connectivity index (χ0) is 20.5. The molecule has 1 aromatic carbocycles. The van der Waals surface area contributed by atoms with Crippen LogP contribution in [0.25, 0.3) is 11.2 Å². The minimum atomic E-state index is -0.318. The second-order valence-electron chi connectivity index (χ2n) is 6.71. The van der Waals surface area contributed by atoms with E-state index < -0.39 is 0 Å². The number of hydrogen-bond donors (Lipinski definition) is 1. The van der Waals surface area contributed by atoms with E-state index in [9.17, 15) is 9.18 Å². The summed E-state index contributed by atoms with van der Waals surface area (Å²) in [6.45, 7) is 4.01. The van der Waals surface area contributed by atoms with Crippen molar-refractivity contribution in [1.82, 2.24) is 14.9 Å². The summed E-state index contributed by atoms with van der Waals surface area (Å²) in [6.07, 6.45) is 0. The van der Waals surface area contributed by atoms with Gasteiger partial charge in [0.05, 0.1) is 7.11 Å². The molecule has 29 heavy (non-hydrogen) atoms. The number of carbonyl (C=O) groups excluding carboxylic acids is 1. The fourth-order valence-electron chi connectivity index (χ4n) is 3.29. The van der Waals surface area contributed by atoms with Crippen LogP contribution in [-0.2, 0) is 0 Å². The average Bonchev–Trinajstić information content (AvgIpc) is 3.05. The van der Waals surface area contributed by atoms with E-state index in [0.29, 0.717) is 31.7 Å². The van der Waals surface area contributed by atoms with Gasteiger partial charge in [0.25, 0.3) is 5.88 Å². The molecule has 1 aliphatic heterocycles. The second-order valence-corrected chi connectivity index (χ2v) is 7.09. The smallest absolute Gasteiger partial charge is 0.323 e. The Morgan fingerprint density at radius 2 is 1.97 bits per heavy atom. The lowest BCUT2D eigenvalue weighted by atomic mass is 10.2. The number of nitrogens with one attached hydrogen (secondary N) is 1. The van der Waals surface area contributed by atoms with Crippen molar-refractivity contribution in [3.8, 4) is 5.88 Å². The van der Waals surface area contributed by atoms with Gasteiger partial charge in [0.15, 0.2) is 11.0 Å². The van der Waals surface area contributed by atoms with Crippen molar-refractivity contribution in [3.05, 3.63) is 40.9 Å². The van der Waals surface area contributed by atoms with Gasteiger partial charge >= 0.3 is 6.03 Å². The molecule has 2 aromatic heterocycles. The summed E-state index contributed by atoms with van der Waals surface area (Å²) >= 11 is 5.83. The maximum absolute atomic E-state index is 13.7. The first-order valence-electron chi connectivity index (χ1n) is 9.02. The molecule has 10 heteroatoms. The number of anilines is 2. The number of aromatic nitrogens is 2. The van der Waals surface area contributed by atoms with Gasteiger partial charge in [0.2, 0.25) is 5.71 Å². The summed E-state index contributed by atoms with van der Waals surface area (Å²) < 4.78 is 24.1. The van der Waals surface area contributed by atoms with E-state index in [1.165, 1.54) is 25.3 Å². The Morgan fingerprint density at radius 1 is 1.21 bits per heavy atom. The number of carbonyl (C=O) groups is 1. The number of halogens is 2. The molecule has 0 spiro atoms. The third kappa shape index (κ3) is 4.04. The van der Waals surface area contributed by atoms with Crippen molar-refractivity contribution in [2.75, 3.05) is 43.5 Å². The van der Waals surface area contributed by atoms with Crippen molar-refractivity contribution in [1.29, 1.82) is 0 Å². The summed E-state index contributed by atoms with van der Waals surface area (Å²) in [5.41, 5.74) is 2.32. The number of urea groups is 1. The molecule has 0 saturated carbocycles. The van der Waals surface area contributed by atoms with Crippen LogP contribution >= 0.6 is 11.6 Å². The Morgan fingerprint density at radius 3 is 2.66 bits per heavy atom. The Hall–Kier alpha value is -3.07. The first kappa shape index (κ1) is 19.3. The number of aryl methyl sites for hydroxylation is 1. The number of ether oxygens (including phenoxy) is 1. The average molecular weight is 420 g/mol. The van der Waals surface area contributed by atoms with E-state index >= 15 is 0 Å². The summed E-state index contributed by atoms with van der Waals surface area (Å²) in [5.74, 6) is 0.0528. The molecule has 2 amide bonds. The number of furan rings is 1. The molecule has 0 unspecified atom stereocenters. The maximum atomic E-state index is 13.7. The first-order chi connectivity index (χ1) is 13.9. The Kier molecular flexibility index (Phi) is 5.14. The van der Waals surface area contributed by atoms with Crippen molar-refractivity contribution >= 4 is 40.4 Å². The first-order valence-corrected chi connectivity index (χ1v) is 9.40. The fraction of sp³-hybridized carbons (Fsp3) is 0.316. The largest absolute Gasteiger partial charge is 0.478 e. The standard InChI is InChI=1S/C19H19ClFN5O3/c1-11-7-12(21)9-13(8-11)25-3-5-26(6-4-25)19(27)23-16-18(28-2)24-17-14(22-16)10-15(20)29-17/h7-10H,3-6H2,1-2H3,(H,22,23,27). The Balaban J connectivity index is 1.44. The predicted molar refractivity (Wildman–Crippen MR) is 107 cm³/mol. The van der Waals surface area contributed by atoms with E-state index in [1.807, 2.05) is 13.0 Å². The third-order valence-electron chi connectivity index (χ3n) is 4.68. The number of amides is 2. The van der Waals surface area contributed by atoms with E-state index in [2.05, 4.69) is 20.2 Å².